The second-order valence-electron chi connectivity index (χ2n) is 4.51. The third-order valence-electron chi connectivity index (χ3n) is 3.20. The van der Waals surface area contributed by atoms with Crippen LogP contribution in [0.1, 0.15) is 32.4 Å². The van der Waals surface area contributed by atoms with Crippen molar-refractivity contribution in [2.24, 2.45) is 11.8 Å². The third-order valence-corrected chi connectivity index (χ3v) is 3.20. The van der Waals surface area contributed by atoms with Crippen molar-refractivity contribution in [2.45, 2.75) is 26.8 Å². The quantitative estimate of drug-likeness (QED) is 0.830. The Bertz CT molecular complexity index is 350. The van der Waals surface area contributed by atoms with Crippen LogP contribution in [0.2, 0.25) is 0 Å². The van der Waals surface area contributed by atoms with Gasteiger partial charge in [0.2, 0.25) is 0 Å². The van der Waals surface area contributed by atoms with E-state index in [1.165, 1.54) is 0 Å². The number of benzene rings is 1. The average molecular weight is 227 g/mol. The number of nitrogens with one attached hydrogen (secondary N) is 1. The van der Waals surface area contributed by atoms with E-state index in [2.05, 4.69) is 19.2 Å². The molecule has 90 valence electrons. The molecule has 0 amide bonds. The van der Waals surface area contributed by atoms with Crippen molar-refractivity contribution in [1.82, 2.24) is 5.32 Å². The molecule has 1 rings (SSSR count). The normalized spacial score (nSPS) is 15.2. The van der Waals surface area contributed by atoms with Crippen molar-refractivity contribution >= 4 is 0 Å². The summed E-state index contributed by atoms with van der Waals surface area (Å²) in [7, 11) is 1.77. The molecular formula is C13H19F2N. The Balaban J connectivity index is 3.09. The molecule has 2 atom stereocenters. The minimum absolute atomic E-state index is 0.157. The molecule has 0 saturated carbocycles. The molecule has 1 aromatic carbocycles. The summed E-state index contributed by atoms with van der Waals surface area (Å²) in [5.74, 6) is -0.885. The van der Waals surface area contributed by atoms with Gasteiger partial charge in [-0.3, -0.25) is 0 Å². The van der Waals surface area contributed by atoms with E-state index in [0.29, 0.717) is 11.5 Å². The average Bonchev–Trinajstić information content (AvgIpc) is 2.24. The topological polar surface area (TPSA) is 12.0 Å². The predicted molar refractivity (Wildman–Crippen MR) is 62.2 cm³/mol. The van der Waals surface area contributed by atoms with Gasteiger partial charge in [-0.2, -0.15) is 0 Å². The Morgan fingerprint density at radius 3 is 2.25 bits per heavy atom. The summed E-state index contributed by atoms with van der Waals surface area (Å²) in [4.78, 5) is 0. The van der Waals surface area contributed by atoms with Crippen LogP contribution in [0.5, 0.6) is 0 Å². The lowest BCUT2D eigenvalue weighted by Gasteiger charge is -2.27. The van der Waals surface area contributed by atoms with Crippen LogP contribution in [-0.2, 0) is 0 Å². The Morgan fingerprint density at radius 2 is 1.75 bits per heavy atom. The third kappa shape index (κ3) is 2.59. The van der Waals surface area contributed by atoms with E-state index in [1.807, 2.05) is 6.92 Å². The molecule has 0 aliphatic rings. The highest BCUT2D eigenvalue weighted by Crippen LogP contribution is 2.29. The van der Waals surface area contributed by atoms with Crippen molar-refractivity contribution in [3.8, 4) is 0 Å². The van der Waals surface area contributed by atoms with Gasteiger partial charge in [0.15, 0.2) is 11.6 Å². The monoisotopic (exact) mass is 227 g/mol. The molecule has 0 aliphatic carbocycles. The number of rotatable bonds is 4. The van der Waals surface area contributed by atoms with E-state index in [0.717, 1.165) is 6.07 Å². The summed E-state index contributed by atoms with van der Waals surface area (Å²) in [6.45, 7) is 6.19. The Labute approximate surface area is 95.9 Å². The first-order chi connectivity index (χ1) is 7.49. The van der Waals surface area contributed by atoms with Crippen LogP contribution in [0.25, 0.3) is 0 Å². The molecule has 0 bridgehead atoms. The van der Waals surface area contributed by atoms with Gasteiger partial charge < -0.3 is 5.32 Å². The van der Waals surface area contributed by atoms with Crippen LogP contribution in [0.3, 0.4) is 0 Å². The van der Waals surface area contributed by atoms with Crippen LogP contribution >= 0.6 is 0 Å². The van der Waals surface area contributed by atoms with Crippen molar-refractivity contribution in [1.29, 1.82) is 0 Å². The zero-order valence-electron chi connectivity index (χ0n) is 10.2. The molecule has 1 N–H and O–H groups in total. The maximum Gasteiger partial charge on any atom is 0.163 e. The van der Waals surface area contributed by atoms with Crippen LogP contribution in [0.4, 0.5) is 8.78 Å². The fourth-order valence-electron chi connectivity index (χ4n) is 1.85. The fourth-order valence-corrected chi connectivity index (χ4v) is 1.85. The van der Waals surface area contributed by atoms with Gasteiger partial charge in [0, 0.05) is 11.6 Å². The highest BCUT2D eigenvalue weighted by Gasteiger charge is 2.24. The Hall–Kier alpha value is -0.960. The van der Waals surface area contributed by atoms with Crippen LogP contribution in [0, 0.1) is 23.5 Å². The first kappa shape index (κ1) is 13.1. The fraction of sp³-hybridized carbons (Fsp3) is 0.538. The lowest BCUT2D eigenvalue weighted by atomic mass is 9.86. The predicted octanol–water partition coefficient (Wildman–Crippen LogP) is 3.52. The zero-order valence-corrected chi connectivity index (χ0v) is 10.2. The van der Waals surface area contributed by atoms with E-state index in [1.54, 1.807) is 19.2 Å². The molecule has 0 heterocycles. The lowest BCUT2D eigenvalue weighted by molar-refractivity contribution is 0.307. The standard InChI is InChI=1S/C13H19F2N/c1-8(2)9(3)13(16-4)10-6-5-7-11(14)12(10)15/h5-9,13,16H,1-4H3. The van der Waals surface area contributed by atoms with Crippen molar-refractivity contribution < 1.29 is 8.78 Å². The van der Waals surface area contributed by atoms with Crippen LogP contribution < -0.4 is 5.32 Å². The smallest absolute Gasteiger partial charge is 0.163 e. The summed E-state index contributed by atoms with van der Waals surface area (Å²) in [6, 6.07) is 4.17. The van der Waals surface area contributed by atoms with Gasteiger partial charge in [0.25, 0.3) is 0 Å². The van der Waals surface area contributed by atoms with E-state index >= 15 is 0 Å². The van der Waals surface area contributed by atoms with Gasteiger partial charge in [0.1, 0.15) is 0 Å². The van der Waals surface area contributed by atoms with Gasteiger partial charge >= 0.3 is 0 Å². The van der Waals surface area contributed by atoms with Crippen molar-refractivity contribution in [2.75, 3.05) is 7.05 Å². The van der Waals surface area contributed by atoms with Crippen molar-refractivity contribution in [3.63, 3.8) is 0 Å². The number of hydrogen-bond acceptors (Lipinski definition) is 1. The van der Waals surface area contributed by atoms with Gasteiger partial charge in [0.05, 0.1) is 0 Å². The van der Waals surface area contributed by atoms with Gasteiger partial charge in [-0.05, 0) is 24.9 Å². The molecular weight excluding hydrogens is 208 g/mol. The largest absolute Gasteiger partial charge is 0.313 e. The molecule has 0 aromatic heterocycles. The molecule has 0 spiro atoms. The summed E-state index contributed by atoms with van der Waals surface area (Å²) >= 11 is 0. The number of halogens is 2. The van der Waals surface area contributed by atoms with E-state index < -0.39 is 11.6 Å². The molecule has 2 unspecified atom stereocenters. The van der Waals surface area contributed by atoms with Crippen molar-refractivity contribution in [3.05, 3.63) is 35.4 Å². The minimum atomic E-state index is -0.784. The van der Waals surface area contributed by atoms with E-state index in [4.69, 9.17) is 0 Å². The highest BCUT2D eigenvalue weighted by atomic mass is 19.2. The SMILES string of the molecule is CNC(c1cccc(F)c1F)C(C)C(C)C. The van der Waals surface area contributed by atoms with Crippen LogP contribution in [0.15, 0.2) is 18.2 Å². The summed E-state index contributed by atoms with van der Waals surface area (Å²) in [5.41, 5.74) is 0.406. The maximum atomic E-state index is 13.6. The lowest BCUT2D eigenvalue weighted by Crippen LogP contribution is -2.27. The van der Waals surface area contributed by atoms with Gasteiger partial charge in [-0.25, -0.2) is 8.78 Å². The summed E-state index contributed by atoms with van der Waals surface area (Å²) in [5, 5.41) is 3.06. The molecule has 1 aromatic rings. The maximum absolute atomic E-state index is 13.6. The first-order valence-electron chi connectivity index (χ1n) is 5.60. The molecule has 1 nitrogen and oxygen atoms in total. The van der Waals surface area contributed by atoms with E-state index in [9.17, 15) is 8.78 Å². The van der Waals surface area contributed by atoms with Gasteiger partial charge in [-0.15, -0.1) is 0 Å². The minimum Gasteiger partial charge on any atom is -0.313 e. The second-order valence-corrected chi connectivity index (χ2v) is 4.51. The van der Waals surface area contributed by atoms with Crippen LogP contribution in [-0.4, -0.2) is 7.05 Å². The first-order valence-corrected chi connectivity index (χ1v) is 5.60. The van der Waals surface area contributed by atoms with Gasteiger partial charge in [-0.1, -0.05) is 32.9 Å². The highest BCUT2D eigenvalue weighted by molar-refractivity contribution is 5.23. The summed E-state index contributed by atoms with van der Waals surface area (Å²) in [6.07, 6.45) is 0. The second kappa shape index (κ2) is 5.39. The molecule has 0 saturated heterocycles. The molecule has 0 radical (unpaired) electrons. The summed E-state index contributed by atoms with van der Waals surface area (Å²) < 4.78 is 26.8. The molecule has 16 heavy (non-hydrogen) atoms. The molecule has 0 aliphatic heterocycles. The molecule has 0 fully saturated rings. The Kier molecular flexibility index (Phi) is 4.42. The molecule has 3 heteroatoms. The van der Waals surface area contributed by atoms with E-state index in [-0.39, 0.29) is 12.0 Å². The number of hydrogen-bond donors (Lipinski definition) is 1. The zero-order chi connectivity index (χ0) is 12.3. The Morgan fingerprint density at radius 1 is 1.12 bits per heavy atom.